The molecule has 0 heterocycles. The highest BCUT2D eigenvalue weighted by Crippen LogP contribution is 2.16. The molecule has 2 N–H and O–H groups in total. The molecule has 55 heavy (non-hydrogen) atoms. The number of anilines is 2. The lowest BCUT2D eigenvalue weighted by atomic mass is 10.0. The molecule has 0 aliphatic carbocycles. The molecule has 0 spiro atoms. The number of ether oxygens (including phenoxy) is 8. The molecule has 0 unspecified atom stereocenters. The van der Waals surface area contributed by atoms with E-state index in [0.29, 0.717) is 76.2 Å². The smallest absolute Gasteiger partial charge is 0.411 e. The summed E-state index contributed by atoms with van der Waals surface area (Å²) >= 11 is 0. The Morgan fingerprint density at radius 2 is 0.891 bits per heavy atom. The predicted molar refractivity (Wildman–Crippen MR) is 201 cm³/mol. The van der Waals surface area contributed by atoms with E-state index in [0.717, 1.165) is 11.1 Å². The van der Waals surface area contributed by atoms with Crippen molar-refractivity contribution in [3.63, 3.8) is 0 Å². The highest BCUT2D eigenvalue weighted by molar-refractivity contribution is 5.90. The van der Waals surface area contributed by atoms with Crippen LogP contribution in [0.4, 0.5) is 16.2 Å². The molecule has 0 saturated carbocycles. The number of nitrogens with one attached hydrogen (secondary N) is 2. The van der Waals surface area contributed by atoms with Crippen LogP contribution in [0.25, 0.3) is 0 Å². The third kappa shape index (κ3) is 24.4. The van der Waals surface area contributed by atoms with Crippen molar-refractivity contribution in [1.29, 1.82) is 0 Å². The highest BCUT2D eigenvalue weighted by atomic mass is 17.2. The fourth-order valence-corrected chi connectivity index (χ4v) is 4.04. The average molecular weight is 775 g/mol. The first-order chi connectivity index (χ1) is 26.6. The summed E-state index contributed by atoms with van der Waals surface area (Å²) in [4.78, 5) is 56.0. The van der Waals surface area contributed by atoms with Crippen molar-refractivity contribution in [3.8, 4) is 0 Å². The van der Waals surface area contributed by atoms with Gasteiger partial charge in [-0.15, -0.1) is 0 Å². The topological polar surface area (TPSA) is 185 Å². The molecule has 2 amide bonds. The Kier molecular flexibility index (Phi) is 25.1. The van der Waals surface area contributed by atoms with Gasteiger partial charge < -0.3 is 43.2 Å². The van der Waals surface area contributed by atoms with Crippen LogP contribution in [0.5, 0.6) is 0 Å². The van der Waals surface area contributed by atoms with E-state index in [2.05, 4.69) is 28.7 Å². The average Bonchev–Trinajstić information content (AvgIpc) is 3.16. The van der Waals surface area contributed by atoms with Crippen LogP contribution in [0.15, 0.2) is 72.8 Å². The SMILES string of the molecule is C=C(C)C(=O)OCCOCCOCCOCCOC(=O)Nc1ccc(Cc2ccc(NC(=O)CCOCCOCCOCCOOC(=O)C(=C)C)cc2)cc1. The second kappa shape index (κ2) is 29.6. The Morgan fingerprint density at radius 1 is 0.491 bits per heavy atom. The van der Waals surface area contributed by atoms with Crippen molar-refractivity contribution in [2.45, 2.75) is 26.7 Å². The third-order valence-electron chi connectivity index (χ3n) is 6.87. The molecule has 0 saturated heterocycles. The Hall–Kier alpha value is -4.68. The van der Waals surface area contributed by atoms with Crippen LogP contribution < -0.4 is 10.6 Å². The first kappa shape index (κ1) is 46.5. The second-order valence-electron chi connectivity index (χ2n) is 11.7. The first-order valence-corrected chi connectivity index (χ1v) is 17.8. The summed E-state index contributed by atoms with van der Waals surface area (Å²) in [6, 6.07) is 15.0. The van der Waals surface area contributed by atoms with Gasteiger partial charge in [0, 0.05) is 22.5 Å². The molecule has 2 rings (SSSR count). The molecular formula is C39H54N2O14. The summed E-state index contributed by atoms with van der Waals surface area (Å²) < 4.78 is 42.3. The van der Waals surface area contributed by atoms with E-state index in [1.54, 1.807) is 19.1 Å². The number of amides is 2. The molecule has 0 atom stereocenters. The van der Waals surface area contributed by atoms with E-state index < -0.39 is 18.0 Å². The Balaban J connectivity index is 1.45. The van der Waals surface area contributed by atoms with Crippen molar-refractivity contribution >= 4 is 35.3 Å². The van der Waals surface area contributed by atoms with E-state index in [-0.39, 0.29) is 64.1 Å². The van der Waals surface area contributed by atoms with Crippen LogP contribution in [-0.4, -0.2) is 123 Å². The Labute approximate surface area is 322 Å². The molecule has 0 aliphatic rings. The molecule has 0 fully saturated rings. The quantitative estimate of drug-likeness (QED) is 0.0361. The maximum absolute atomic E-state index is 12.3. The van der Waals surface area contributed by atoms with Gasteiger partial charge in [-0.05, 0) is 55.7 Å². The van der Waals surface area contributed by atoms with E-state index in [9.17, 15) is 19.2 Å². The maximum atomic E-state index is 12.3. The number of benzene rings is 2. The van der Waals surface area contributed by atoms with Gasteiger partial charge in [0.2, 0.25) is 5.91 Å². The standard InChI is InChI=1S/C39H54N2O14/c1-30(2)37(43)52-26-23-49-20-17-48-18-21-50-24-27-53-39(45)41-35-11-7-33(8-12-35)29-32-5-9-34(10-6-32)40-36(42)13-14-46-15-16-47-19-22-51-25-28-54-55-38(44)31(3)4/h5-12H,1,3,13-29H2,2,4H3,(H,40,42)(H,41,45). The summed E-state index contributed by atoms with van der Waals surface area (Å²) in [5, 5.41) is 5.55. The lowest BCUT2D eigenvalue weighted by Gasteiger charge is -2.10. The largest absolute Gasteiger partial charge is 0.460 e. The Morgan fingerprint density at radius 3 is 1.36 bits per heavy atom. The number of hydrogen-bond acceptors (Lipinski definition) is 14. The Bertz CT molecular complexity index is 1330. The monoisotopic (exact) mass is 774 g/mol. The first-order valence-electron chi connectivity index (χ1n) is 17.8. The van der Waals surface area contributed by atoms with E-state index in [4.69, 9.17) is 42.8 Å². The number of hydrogen-bond donors (Lipinski definition) is 2. The molecule has 2 aromatic carbocycles. The maximum Gasteiger partial charge on any atom is 0.411 e. The van der Waals surface area contributed by atoms with Gasteiger partial charge in [-0.3, -0.25) is 15.0 Å². The van der Waals surface area contributed by atoms with Crippen LogP contribution in [-0.2, 0) is 68.5 Å². The summed E-state index contributed by atoms with van der Waals surface area (Å²) in [5.74, 6) is -1.22. The summed E-state index contributed by atoms with van der Waals surface area (Å²) in [5.41, 5.74) is 3.98. The third-order valence-corrected chi connectivity index (χ3v) is 6.87. The van der Waals surface area contributed by atoms with Gasteiger partial charge in [0.15, 0.2) is 0 Å². The van der Waals surface area contributed by atoms with E-state index in [1.165, 1.54) is 6.92 Å². The van der Waals surface area contributed by atoms with Gasteiger partial charge in [-0.25, -0.2) is 14.4 Å². The summed E-state index contributed by atoms with van der Waals surface area (Å²) in [6.07, 6.45) is 0.292. The molecule has 2 aromatic rings. The minimum absolute atomic E-state index is 0.0894. The minimum Gasteiger partial charge on any atom is -0.460 e. The lowest BCUT2D eigenvalue weighted by Crippen LogP contribution is -2.18. The van der Waals surface area contributed by atoms with Crippen molar-refractivity contribution in [2.24, 2.45) is 0 Å². The summed E-state index contributed by atoms with van der Waals surface area (Å²) in [6.45, 7) is 14.2. The van der Waals surface area contributed by atoms with Crippen LogP contribution >= 0.6 is 0 Å². The number of esters is 1. The van der Waals surface area contributed by atoms with E-state index in [1.807, 2.05) is 36.4 Å². The van der Waals surface area contributed by atoms with Gasteiger partial charge in [-0.1, -0.05) is 37.4 Å². The molecule has 16 nitrogen and oxygen atoms in total. The molecule has 16 heteroatoms. The molecule has 0 aliphatic heterocycles. The van der Waals surface area contributed by atoms with Gasteiger partial charge in [0.25, 0.3) is 0 Å². The lowest BCUT2D eigenvalue weighted by molar-refractivity contribution is -0.272. The number of carbonyl (C=O) groups is 4. The normalized spacial score (nSPS) is 10.7. The minimum atomic E-state index is -0.621. The van der Waals surface area contributed by atoms with Gasteiger partial charge in [-0.2, -0.15) is 4.89 Å². The zero-order valence-corrected chi connectivity index (χ0v) is 31.8. The van der Waals surface area contributed by atoms with Gasteiger partial charge in [0.05, 0.1) is 85.7 Å². The predicted octanol–water partition coefficient (Wildman–Crippen LogP) is 4.42. The number of rotatable bonds is 31. The molecular weight excluding hydrogens is 720 g/mol. The fraction of sp³-hybridized carbons (Fsp3) is 0.487. The molecule has 304 valence electrons. The fourth-order valence-electron chi connectivity index (χ4n) is 4.04. The van der Waals surface area contributed by atoms with Gasteiger partial charge >= 0.3 is 18.0 Å². The van der Waals surface area contributed by atoms with Gasteiger partial charge in [0.1, 0.15) is 19.8 Å². The molecule has 0 bridgehead atoms. The van der Waals surface area contributed by atoms with Crippen molar-refractivity contribution in [3.05, 3.63) is 84.0 Å². The van der Waals surface area contributed by atoms with Crippen LogP contribution in [0.3, 0.4) is 0 Å². The van der Waals surface area contributed by atoms with E-state index >= 15 is 0 Å². The van der Waals surface area contributed by atoms with Crippen LogP contribution in [0.1, 0.15) is 31.4 Å². The highest BCUT2D eigenvalue weighted by Gasteiger charge is 2.07. The van der Waals surface area contributed by atoms with Crippen LogP contribution in [0.2, 0.25) is 0 Å². The summed E-state index contributed by atoms with van der Waals surface area (Å²) in [7, 11) is 0. The zero-order valence-electron chi connectivity index (χ0n) is 31.8. The van der Waals surface area contributed by atoms with Crippen molar-refractivity contribution < 1.29 is 66.8 Å². The van der Waals surface area contributed by atoms with Crippen molar-refractivity contribution in [2.75, 3.05) is 110 Å². The molecule has 0 radical (unpaired) electrons. The number of carbonyl (C=O) groups excluding carboxylic acids is 4. The van der Waals surface area contributed by atoms with Crippen molar-refractivity contribution in [1.82, 2.24) is 0 Å². The van der Waals surface area contributed by atoms with Crippen LogP contribution in [0, 0.1) is 0 Å². The second-order valence-corrected chi connectivity index (χ2v) is 11.7. The zero-order chi connectivity index (χ0) is 39.9. The molecule has 0 aromatic heterocycles.